The van der Waals surface area contributed by atoms with Crippen molar-refractivity contribution < 1.29 is 18.4 Å². The summed E-state index contributed by atoms with van der Waals surface area (Å²) in [5, 5.41) is 1.71. The Balaban J connectivity index is 4.11. The van der Waals surface area contributed by atoms with Crippen LogP contribution in [0.25, 0.3) is 0 Å². The molecule has 0 aromatic rings. The van der Waals surface area contributed by atoms with Crippen LogP contribution in [-0.2, 0) is 9.59 Å². The van der Waals surface area contributed by atoms with Gasteiger partial charge in [-0.25, -0.2) is 0 Å². The minimum absolute atomic E-state index is 0.875. The molecule has 0 aliphatic rings. The number of nitrogens with one attached hydrogen (secondary N) is 1. The third-order valence-corrected chi connectivity index (χ3v) is 1.39. The van der Waals surface area contributed by atoms with E-state index in [0.717, 1.165) is 0 Å². The highest BCUT2D eigenvalue weighted by molar-refractivity contribution is 9.10. The van der Waals surface area contributed by atoms with Crippen molar-refractivity contribution in [3.8, 4) is 0 Å². The van der Waals surface area contributed by atoms with Crippen LogP contribution in [0.2, 0.25) is 0 Å². The van der Waals surface area contributed by atoms with Crippen molar-refractivity contribution in [2.75, 3.05) is 0 Å². The van der Waals surface area contributed by atoms with Crippen LogP contribution in [0.5, 0.6) is 0 Å². The number of alkyl halides is 3. The Morgan fingerprint density at radius 1 is 1.58 bits per heavy atom. The molecule has 0 aromatic carbocycles. The average Bonchev–Trinajstić information content (AvgIpc) is 1.85. The van der Waals surface area contributed by atoms with Crippen LogP contribution in [-0.4, -0.2) is 22.7 Å². The summed E-state index contributed by atoms with van der Waals surface area (Å²) in [6.07, 6.45) is 0. The lowest BCUT2D eigenvalue weighted by Gasteiger charge is -2.12. The molecule has 0 bridgehead atoms. The van der Waals surface area contributed by atoms with Crippen molar-refractivity contribution in [1.82, 2.24) is 5.32 Å². The summed E-state index contributed by atoms with van der Waals surface area (Å²) in [7, 11) is 0. The van der Waals surface area contributed by atoms with Crippen molar-refractivity contribution in [3.05, 3.63) is 0 Å². The van der Waals surface area contributed by atoms with Gasteiger partial charge < -0.3 is 11.1 Å². The minimum atomic E-state index is -3.67. The maximum absolute atomic E-state index is 12.1. The molecule has 0 saturated heterocycles. The summed E-state index contributed by atoms with van der Waals surface area (Å²) in [4.78, 5) is 17.1. The molecule has 0 aliphatic heterocycles. The van der Waals surface area contributed by atoms with Gasteiger partial charge in [0, 0.05) is 15.9 Å². The Morgan fingerprint density at radius 3 is 2.25 bits per heavy atom. The van der Waals surface area contributed by atoms with Gasteiger partial charge in [0.15, 0.2) is 0 Å². The zero-order valence-electron chi connectivity index (χ0n) is 6.11. The quantitative estimate of drug-likeness (QED) is 0.685. The predicted octanol–water partition coefficient (Wildman–Crippen LogP) is -0.0359. The molecule has 0 radical (unpaired) electrons. The van der Waals surface area contributed by atoms with Gasteiger partial charge in [-0.05, 0) is 6.92 Å². The molecule has 0 fully saturated rings. The van der Waals surface area contributed by atoms with Crippen LogP contribution in [0.15, 0.2) is 0 Å². The minimum Gasteiger partial charge on any atom is -0.368 e. The Labute approximate surface area is 75.6 Å². The molecular formula is C5H7BrF2N2O2. The highest BCUT2D eigenvalue weighted by atomic mass is 79.9. The van der Waals surface area contributed by atoms with Crippen LogP contribution >= 0.6 is 15.9 Å². The molecule has 4 nitrogen and oxygen atoms in total. The molecule has 3 N–H and O–H groups in total. The Hall–Kier alpha value is -0.720. The highest BCUT2D eigenvalue weighted by Crippen LogP contribution is 2.21. The molecule has 0 heterocycles. The van der Waals surface area contributed by atoms with E-state index >= 15 is 0 Å². The maximum Gasteiger partial charge on any atom is 0.377 e. The Morgan fingerprint density at radius 2 is 2.00 bits per heavy atom. The van der Waals surface area contributed by atoms with Gasteiger partial charge in [-0.1, -0.05) is 0 Å². The second-order valence-electron chi connectivity index (χ2n) is 2.10. The van der Waals surface area contributed by atoms with Gasteiger partial charge in [-0.3, -0.25) is 9.59 Å². The van der Waals surface area contributed by atoms with Gasteiger partial charge in [0.1, 0.15) is 6.04 Å². The van der Waals surface area contributed by atoms with E-state index in [4.69, 9.17) is 5.73 Å². The fraction of sp³-hybridized carbons (Fsp3) is 0.600. The van der Waals surface area contributed by atoms with E-state index < -0.39 is 22.7 Å². The first-order chi connectivity index (χ1) is 5.25. The van der Waals surface area contributed by atoms with Crippen molar-refractivity contribution in [2.24, 2.45) is 5.73 Å². The third-order valence-electron chi connectivity index (χ3n) is 1.03. The van der Waals surface area contributed by atoms with Crippen molar-refractivity contribution in [3.63, 3.8) is 0 Å². The second-order valence-corrected chi connectivity index (χ2v) is 3.09. The van der Waals surface area contributed by atoms with Crippen LogP contribution in [0, 0.1) is 0 Å². The lowest BCUT2D eigenvalue weighted by Crippen LogP contribution is -2.47. The third kappa shape index (κ3) is 3.61. The molecule has 0 spiro atoms. The van der Waals surface area contributed by atoms with E-state index in [0.29, 0.717) is 0 Å². The normalized spacial score (nSPS) is 13.7. The summed E-state index contributed by atoms with van der Waals surface area (Å²) in [5.41, 5.74) is 4.71. The molecule has 1 unspecified atom stereocenters. The van der Waals surface area contributed by atoms with Gasteiger partial charge in [-0.15, -0.1) is 0 Å². The summed E-state index contributed by atoms with van der Waals surface area (Å²) >= 11 is 1.82. The molecule has 12 heavy (non-hydrogen) atoms. The Kier molecular flexibility index (Phi) is 3.56. The maximum atomic E-state index is 12.1. The van der Waals surface area contributed by atoms with Gasteiger partial charge in [-0.2, -0.15) is 8.78 Å². The topological polar surface area (TPSA) is 72.2 Å². The van der Waals surface area contributed by atoms with E-state index in [2.05, 4.69) is 0 Å². The van der Waals surface area contributed by atoms with Gasteiger partial charge in [0.25, 0.3) is 0 Å². The molecule has 70 valence electrons. The van der Waals surface area contributed by atoms with Gasteiger partial charge in [0.2, 0.25) is 5.91 Å². The molecule has 0 saturated carbocycles. The van der Waals surface area contributed by atoms with E-state index in [1.54, 1.807) is 5.32 Å². The number of nitrogens with two attached hydrogens (primary N) is 1. The standard InChI is InChI=1S/C5H7BrF2N2O2/c1-2(3(9)11)10-4(12)5(6,7)8/h2H,1H3,(H2,9,11)(H,10,12). The first-order valence-electron chi connectivity index (χ1n) is 2.92. The summed E-state index contributed by atoms with van der Waals surface area (Å²) < 4.78 is 24.2. The van der Waals surface area contributed by atoms with E-state index in [9.17, 15) is 18.4 Å². The highest BCUT2D eigenvalue weighted by Gasteiger charge is 2.36. The second kappa shape index (κ2) is 3.79. The molecule has 0 aromatic heterocycles. The van der Waals surface area contributed by atoms with Gasteiger partial charge >= 0.3 is 10.7 Å². The fourth-order valence-corrected chi connectivity index (χ4v) is 0.464. The van der Waals surface area contributed by atoms with E-state index in [1.807, 2.05) is 15.9 Å². The molecular weight excluding hydrogens is 238 g/mol. The van der Waals surface area contributed by atoms with Crippen molar-refractivity contribution in [2.45, 2.75) is 17.8 Å². The predicted molar refractivity (Wildman–Crippen MR) is 40.7 cm³/mol. The summed E-state index contributed by atoms with van der Waals surface area (Å²) in [6, 6.07) is -1.11. The first-order valence-corrected chi connectivity index (χ1v) is 3.71. The number of primary amides is 1. The number of carbonyl (C=O) groups excluding carboxylic acids is 2. The van der Waals surface area contributed by atoms with Crippen molar-refractivity contribution in [1.29, 1.82) is 0 Å². The molecule has 2 amide bonds. The summed E-state index contributed by atoms with van der Waals surface area (Å²) in [6.45, 7) is 1.21. The number of rotatable bonds is 3. The summed E-state index contributed by atoms with van der Waals surface area (Å²) in [5.74, 6) is -2.46. The lowest BCUT2D eigenvalue weighted by atomic mass is 10.3. The Bertz CT molecular complexity index is 204. The smallest absolute Gasteiger partial charge is 0.368 e. The zero-order valence-corrected chi connectivity index (χ0v) is 7.69. The fourth-order valence-electron chi connectivity index (χ4n) is 0.350. The number of amides is 2. The number of hydrogen-bond donors (Lipinski definition) is 2. The van der Waals surface area contributed by atoms with Crippen LogP contribution in [0.3, 0.4) is 0 Å². The molecule has 0 aliphatic carbocycles. The van der Waals surface area contributed by atoms with E-state index in [1.165, 1.54) is 6.92 Å². The monoisotopic (exact) mass is 244 g/mol. The average molecular weight is 245 g/mol. The van der Waals surface area contributed by atoms with Crippen molar-refractivity contribution >= 4 is 27.7 Å². The zero-order chi connectivity index (χ0) is 9.94. The lowest BCUT2D eigenvalue weighted by molar-refractivity contribution is -0.137. The van der Waals surface area contributed by atoms with E-state index in [-0.39, 0.29) is 0 Å². The number of hydrogen-bond acceptors (Lipinski definition) is 2. The molecule has 0 rings (SSSR count). The van der Waals surface area contributed by atoms with Crippen LogP contribution in [0.4, 0.5) is 8.78 Å². The number of halogens is 3. The largest absolute Gasteiger partial charge is 0.377 e. The number of carbonyl (C=O) groups is 2. The molecule has 1 atom stereocenters. The SMILES string of the molecule is CC(NC(=O)C(F)(F)Br)C(N)=O. The van der Waals surface area contributed by atoms with Crippen LogP contribution in [0.1, 0.15) is 6.92 Å². The molecule has 7 heteroatoms. The van der Waals surface area contributed by atoms with Crippen LogP contribution < -0.4 is 11.1 Å². The first kappa shape index (κ1) is 11.3. The van der Waals surface area contributed by atoms with Gasteiger partial charge in [0.05, 0.1) is 0 Å².